The summed E-state index contributed by atoms with van der Waals surface area (Å²) in [6.07, 6.45) is 0.697. The Kier molecular flexibility index (Phi) is 9.99. The van der Waals surface area contributed by atoms with Gasteiger partial charge < -0.3 is 9.80 Å². The maximum atomic E-state index is 14.5. The fraction of sp³-hybridized carbons (Fsp3) is 0.175. The largest absolute Gasteiger partial charge is 0.416 e. The molecule has 2 amide bonds. The van der Waals surface area contributed by atoms with E-state index in [4.69, 9.17) is 0 Å². The van der Waals surface area contributed by atoms with Crippen molar-refractivity contribution in [3.05, 3.63) is 167 Å². The molecule has 0 saturated carbocycles. The van der Waals surface area contributed by atoms with Crippen molar-refractivity contribution in [2.75, 3.05) is 6.54 Å². The summed E-state index contributed by atoms with van der Waals surface area (Å²) < 4.78 is 53.3. The van der Waals surface area contributed by atoms with Gasteiger partial charge in [-0.25, -0.2) is 4.39 Å². The summed E-state index contributed by atoms with van der Waals surface area (Å²) in [5.74, 6) is -1.05. The maximum absolute atomic E-state index is 14.5. The van der Waals surface area contributed by atoms with Crippen LogP contribution in [0.4, 0.5) is 17.6 Å². The summed E-state index contributed by atoms with van der Waals surface area (Å²) in [5, 5.41) is 0. The van der Waals surface area contributed by atoms with Crippen LogP contribution in [0.15, 0.2) is 128 Å². The molecule has 4 aromatic carbocycles. The van der Waals surface area contributed by atoms with Gasteiger partial charge in [-0.2, -0.15) is 13.2 Å². The highest BCUT2D eigenvalue weighted by atomic mass is 19.4. The van der Waals surface area contributed by atoms with Crippen LogP contribution in [0.5, 0.6) is 0 Å². The number of nitrogens with zero attached hydrogens (tertiary/aromatic N) is 3. The highest BCUT2D eigenvalue weighted by Gasteiger charge is 2.34. The van der Waals surface area contributed by atoms with Crippen LogP contribution in [0, 0.1) is 5.82 Å². The zero-order valence-corrected chi connectivity index (χ0v) is 26.5. The minimum Gasteiger partial charge on any atom is -0.336 e. The Bertz CT molecular complexity index is 1930. The minimum absolute atomic E-state index is 0.0948. The first-order valence-electron chi connectivity index (χ1n) is 15.9. The molecule has 248 valence electrons. The fourth-order valence-corrected chi connectivity index (χ4v) is 5.99. The first kappa shape index (κ1) is 33.3. The first-order chi connectivity index (χ1) is 23.6. The van der Waals surface area contributed by atoms with Crippen LogP contribution in [0.3, 0.4) is 0 Å². The van der Waals surface area contributed by atoms with Crippen molar-refractivity contribution in [2.45, 2.75) is 38.1 Å². The van der Waals surface area contributed by atoms with Gasteiger partial charge in [-0.15, -0.1) is 0 Å². The molecule has 0 aliphatic carbocycles. The molecule has 9 heteroatoms. The molecule has 0 radical (unpaired) electrons. The van der Waals surface area contributed by atoms with Crippen molar-refractivity contribution in [3.63, 3.8) is 0 Å². The predicted octanol–water partition coefficient (Wildman–Crippen LogP) is 8.14. The number of aromatic nitrogens is 1. The first-order valence-corrected chi connectivity index (χ1v) is 15.9. The van der Waals surface area contributed by atoms with Crippen LogP contribution in [0.25, 0.3) is 17.3 Å². The molecule has 0 unspecified atom stereocenters. The Balaban J connectivity index is 1.34. The van der Waals surface area contributed by atoms with Crippen LogP contribution in [0.2, 0.25) is 0 Å². The summed E-state index contributed by atoms with van der Waals surface area (Å²) in [6, 6.07) is 30.8. The molecule has 5 aromatic rings. The van der Waals surface area contributed by atoms with Crippen LogP contribution >= 0.6 is 0 Å². The second-order valence-electron chi connectivity index (χ2n) is 12.0. The lowest BCUT2D eigenvalue weighted by atomic mass is 9.97. The molecule has 0 spiro atoms. The third kappa shape index (κ3) is 8.30. The third-order valence-electron chi connectivity index (χ3n) is 8.63. The lowest BCUT2D eigenvalue weighted by molar-refractivity contribution is -0.144. The highest BCUT2D eigenvalue weighted by Crippen LogP contribution is 2.29. The number of rotatable bonds is 9. The lowest BCUT2D eigenvalue weighted by Gasteiger charge is -2.37. The van der Waals surface area contributed by atoms with E-state index in [2.05, 4.69) is 4.98 Å². The van der Waals surface area contributed by atoms with Gasteiger partial charge in [0, 0.05) is 43.9 Å². The van der Waals surface area contributed by atoms with Gasteiger partial charge in [0.2, 0.25) is 11.8 Å². The van der Waals surface area contributed by atoms with E-state index in [1.807, 2.05) is 72.8 Å². The SMILES string of the molecule is O=C([C@H](Cc1ccccc1)N(Cc1ccc(-c2ccccn2)cc1)C(=O)/C=C/c1ccc(C(F)(F)F)cc1)N1CCc2cc(F)ccc2C1. The molecule has 1 aromatic heterocycles. The van der Waals surface area contributed by atoms with Gasteiger partial charge in [-0.05, 0) is 76.7 Å². The molecule has 0 saturated heterocycles. The van der Waals surface area contributed by atoms with Gasteiger partial charge in [-0.1, -0.05) is 78.9 Å². The monoisotopic (exact) mass is 663 g/mol. The van der Waals surface area contributed by atoms with Gasteiger partial charge in [0.15, 0.2) is 0 Å². The summed E-state index contributed by atoms with van der Waals surface area (Å²) in [7, 11) is 0. The standard InChI is InChI=1S/C40H33F4N3O2/c41-35-19-16-33-27-46(23-21-32(33)25-35)39(49)37(24-29-6-2-1-3-7-29)47(26-30-9-14-31(15-10-30)36-8-4-5-22-45-36)38(48)20-13-28-11-17-34(18-12-28)40(42,43)44/h1-20,22,25,37H,21,23-24,26-27H2/b20-13+/t37-/m0/s1. The number of hydrogen-bond acceptors (Lipinski definition) is 3. The van der Waals surface area contributed by atoms with E-state index in [1.165, 1.54) is 41.3 Å². The van der Waals surface area contributed by atoms with Crippen molar-refractivity contribution in [1.29, 1.82) is 0 Å². The Morgan fingerprint density at radius 1 is 0.837 bits per heavy atom. The van der Waals surface area contributed by atoms with E-state index in [0.717, 1.165) is 45.6 Å². The molecule has 6 rings (SSSR count). The molecule has 0 fully saturated rings. The predicted molar refractivity (Wildman–Crippen MR) is 180 cm³/mol. The maximum Gasteiger partial charge on any atom is 0.416 e. The number of fused-ring (bicyclic) bond motifs is 1. The van der Waals surface area contributed by atoms with Gasteiger partial charge in [0.05, 0.1) is 11.3 Å². The van der Waals surface area contributed by atoms with Crippen molar-refractivity contribution in [3.8, 4) is 11.3 Å². The van der Waals surface area contributed by atoms with E-state index in [0.29, 0.717) is 18.5 Å². The average Bonchev–Trinajstić information content (AvgIpc) is 3.12. The van der Waals surface area contributed by atoms with E-state index in [9.17, 15) is 27.2 Å². The lowest BCUT2D eigenvalue weighted by Crippen LogP contribution is -2.52. The number of halogens is 4. The molecule has 0 N–H and O–H groups in total. The van der Waals surface area contributed by atoms with Crippen LogP contribution in [-0.4, -0.2) is 39.2 Å². The quantitative estimate of drug-likeness (QED) is 0.118. The van der Waals surface area contributed by atoms with E-state index in [-0.39, 0.29) is 31.2 Å². The van der Waals surface area contributed by atoms with Gasteiger partial charge in [0.1, 0.15) is 11.9 Å². The molecule has 49 heavy (non-hydrogen) atoms. The Labute approximate surface area is 282 Å². The third-order valence-corrected chi connectivity index (χ3v) is 8.63. The molecule has 2 heterocycles. The number of hydrogen-bond donors (Lipinski definition) is 0. The zero-order chi connectivity index (χ0) is 34.4. The van der Waals surface area contributed by atoms with Crippen molar-refractivity contribution < 1.29 is 27.2 Å². The van der Waals surface area contributed by atoms with Crippen molar-refractivity contribution >= 4 is 17.9 Å². The van der Waals surface area contributed by atoms with Crippen molar-refractivity contribution in [2.24, 2.45) is 0 Å². The van der Waals surface area contributed by atoms with Gasteiger partial charge in [-0.3, -0.25) is 14.6 Å². The highest BCUT2D eigenvalue weighted by molar-refractivity contribution is 5.96. The molecular weight excluding hydrogens is 630 g/mol. The molecule has 1 aliphatic rings. The summed E-state index contributed by atoms with van der Waals surface area (Å²) in [4.78, 5) is 36.2. The number of carbonyl (C=O) groups excluding carboxylic acids is 2. The van der Waals surface area contributed by atoms with E-state index < -0.39 is 23.7 Å². The smallest absolute Gasteiger partial charge is 0.336 e. The van der Waals surface area contributed by atoms with Gasteiger partial charge >= 0.3 is 6.18 Å². The summed E-state index contributed by atoms with van der Waals surface area (Å²) in [6.45, 7) is 0.738. The average molecular weight is 664 g/mol. The summed E-state index contributed by atoms with van der Waals surface area (Å²) >= 11 is 0. The van der Waals surface area contributed by atoms with E-state index >= 15 is 0 Å². The molecule has 1 atom stereocenters. The topological polar surface area (TPSA) is 53.5 Å². The number of benzene rings is 4. The Hall–Kier alpha value is -5.57. The Morgan fingerprint density at radius 2 is 1.57 bits per heavy atom. The summed E-state index contributed by atoms with van der Waals surface area (Å²) in [5.41, 5.74) is 4.65. The Morgan fingerprint density at radius 3 is 2.27 bits per heavy atom. The molecular formula is C40H33F4N3O2. The molecule has 0 bridgehead atoms. The van der Waals surface area contributed by atoms with Crippen LogP contribution < -0.4 is 0 Å². The minimum atomic E-state index is -4.48. The van der Waals surface area contributed by atoms with Crippen molar-refractivity contribution in [1.82, 2.24) is 14.8 Å². The second-order valence-corrected chi connectivity index (χ2v) is 12.0. The molecule has 1 aliphatic heterocycles. The van der Waals surface area contributed by atoms with E-state index in [1.54, 1.807) is 17.2 Å². The number of carbonyl (C=O) groups is 2. The zero-order valence-electron chi connectivity index (χ0n) is 26.5. The van der Waals surface area contributed by atoms with Gasteiger partial charge in [0.25, 0.3) is 0 Å². The number of alkyl halides is 3. The number of amides is 2. The second kappa shape index (κ2) is 14.7. The fourth-order valence-electron chi connectivity index (χ4n) is 5.99. The van der Waals surface area contributed by atoms with Crippen LogP contribution in [-0.2, 0) is 41.7 Å². The van der Waals surface area contributed by atoms with Crippen LogP contribution in [0.1, 0.15) is 33.4 Å². The normalized spacial score (nSPS) is 13.6. The molecule has 5 nitrogen and oxygen atoms in total. The number of pyridine rings is 1.